The number of hydrogen-bond acceptors (Lipinski definition) is 4. The first-order chi connectivity index (χ1) is 6.19. The van der Waals surface area contributed by atoms with Gasteiger partial charge in [-0.1, -0.05) is 24.3 Å². The molecule has 1 aromatic heterocycles. The smallest absolute Gasteiger partial charge is 0.358 e. The van der Waals surface area contributed by atoms with E-state index in [1.54, 1.807) is 0 Å². The van der Waals surface area contributed by atoms with Gasteiger partial charge in [0.1, 0.15) is 0 Å². The molecule has 68 valence electrons. The molecule has 0 N–H and O–H groups in total. The first-order valence-corrected chi connectivity index (χ1v) is 3.80. The topological polar surface area (TPSA) is 52.1 Å². The van der Waals surface area contributed by atoms with Gasteiger partial charge in [0.2, 0.25) is 0 Å². The quantitative estimate of drug-likeness (QED) is 0.677. The number of hydrogen-bond donors (Lipinski definition) is 0. The number of methoxy groups -OCH3 is 1. The summed E-state index contributed by atoms with van der Waals surface area (Å²) in [5.74, 6) is -0.549. The average Bonchev–Trinajstić information content (AvgIpc) is 2.17. The van der Waals surface area contributed by atoms with E-state index < -0.39 is 5.97 Å². The van der Waals surface area contributed by atoms with Crippen LogP contribution in [0.25, 0.3) is 6.08 Å². The van der Waals surface area contributed by atoms with Crippen LogP contribution >= 0.6 is 11.6 Å². The molecular weight excluding hydrogens is 192 g/mol. The van der Waals surface area contributed by atoms with Gasteiger partial charge in [0.05, 0.1) is 7.11 Å². The molecule has 0 aromatic carbocycles. The molecule has 1 aromatic rings. The van der Waals surface area contributed by atoms with E-state index in [1.165, 1.54) is 19.3 Å². The molecule has 0 amide bonds. The molecule has 0 unspecified atom stereocenters. The second-order valence-corrected chi connectivity index (χ2v) is 2.53. The highest BCUT2D eigenvalue weighted by Gasteiger charge is 2.09. The minimum Gasteiger partial charge on any atom is -0.464 e. The van der Waals surface area contributed by atoms with Crippen LogP contribution in [-0.2, 0) is 4.74 Å². The highest BCUT2D eigenvalue weighted by Crippen LogP contribution is 2.13. The number of carbonyl (C=O) groups excluding carboxylic acids is 1. The number of carbonyl (C=O) groups is 1. The molecule has 13 heavy (non-hydrogen) atoms. The van der Waals surface area contributed by atoms with E-state index in [0.717, 1.165) is 0 Å². The lowest BCUT2D eigenvalue weighted by atomic mass is 10.2. The SMILES string of the molecule is C=Cc1cc(C(=O)OC)nnc1Cl. The highest BCUT2D eigenvalue weighted by atomic mass is 35.5. The Kier molecular flexibility index (Phi) is 2.97. The summed E-state index contributed by atoms with van der Waals surface area (Å²) in [7, 11) is 1.27. The maximum atomic E-state index is 11.0. The van der Waals surface area contributed by atoms with Crippen molar-refractivity contribution in [3.63, 3.8) is 0 Å². The Bertz CT molecular complexity index is 352. The van der Waals surface area contributed by atoms with Crippen molar-refractivity contribution < 1.29 is 9.53 Å². The van der Waals surface area contributed by atoms with Gasteiger partial charge in [-0.15, -0.1) is 10.2 Å². The molecule has 0 saturated heterocycles. The molecule has 0 radical (unpaired) electrons. The van der Waals surface area contributed by atoms with Crippen LogP contribution in [0.5, 0.6) is 0 Å². The average molecular weight is 199 g/mol. The zero-order valence-electron chi connectivity index (χ0n) is 6.95. The number of esters is 1. The van der Waals surface area contributed by atoms with Crippen molar-refractivity contribution in [2.75, 3.05) is 7.11 Å². The van der Waals surface area contributed by atoms with Gasteiger partial charge in [0.25, 0.3) is 0 Å². The summed E-state index contributed by atoms with van der Waals surface area (Å²) in [6.07, 6.45) is 1.49. The van der Waals surface area contributed by atoms with Crippen LogP contribution in [0, 0.1) is 0 Å². The predicted molar refractivity (Wildman–Crippen MR) is 48.5 cm³/mol. The van der Waals surface area contributed by atoms with E-state index in [9.17, 15) is 4.79 Å². The summed E-state index contributed by atoms with van der Waals surface area (Å²) in [4.78, 5) is 11.0. The summed E-state index contributed by atoms with van der Waals surface area (Å²) in [6, 6.07) is 1.47. The first kappa shape index (κ1) is 9.67. The van der Waals surface area contributed by atoms with E-state index >= 15 is 0 Å². The fourth-order valence-electron chi connectivity index (χ4n) is 0.739. The fourth-order valence-corrected chi connectivity index (χ4v) is 0.908. The largest absolute Gasteiger partial charge is 0.464 e. The van der Waals surface area contributed by atoms with Gasteiger partial charge in [-0.2, -0.15) is 0 Å². The lowest BCUT2D eigenvalue weighted by molar-refractivity contribution is 0.0592. The summed E-state index contributed by atoms with van der Waals surface area (Å²) in [6.45, 7) is 3.51. The number of ether oxygens (including phenoxy) is 1. The van der Waals surface area contributed by atoms with Gasteiger partial charge in [0.15, 0.2) is 10.8 Å². The second kappa shape index (κ2) is 4.00. The predicted octanol–water partition coefficient (Wildman–Crippen LogP) is 1.56. The van der Waals surface area contributed by atoms with Crippen molar-refractivity contribution >= 4 is 23.6 Å². The van der Waals surface area contributed by atoms with Crippen LogP contribution in [-0.4, -0.2) is 23.3 Å². The van der Waals surface area contributed by atoms with Gasteiger partial charge >= 0.3 is 5.97 Å². The Morgan fingerprint density at radius 2 is 2.38 bits per heavy atom. The van der Waals surface area contributed by atoms with E-state index in [0.29, 0.717) is 5.56 Å². The summed E-state index contributed by atoms with van der Waals surface area (Å²) < 4.78 is 4.46. The number of nitrogens with zero attached hydrogens (tertiary/aromatic N) is 2. The van der Waals surface area contributed by atoms with Gasteiger partial charge in [-0.25, -0.2) is 4.79 Å². The second-order valence-electron chi connectivity index (χ2n) is 2.17. The van der Waals surface area contributed by atoms with Crippen molar-refractivity contribution in [1.29, 1.82) is 0 Å². The Balaban J connectivity index is 3.13. The van der Waals surface area contributed by atoms with Crippen LogP contribution in [0.2, 0.25) is 5.15 Å². The Labute approximate surface area is 80.2 Å². The van der Waals surface area contributed by atoms with Crippen molar-refractivity contribution in [2.45, 2.75) is 0 Å². The fraction of sp³-hybridized carbons (Fsp3) is 0.125. The maximum Gasteiger partial charge on any atom is 0.358 e. The van der Waals surface area contributed by atoms with Gasteiger partial charge in [-0.3, -0.25) is 0 Å². The third kappa shape index (κ3) is 2.03. The van der Waals surface area contributed by atoms with Crippen LogP contribution in [0.15, 0.2) is 12.6 Å². The highest BCUT2D eigenvalue weighted by molar-refractivity contribution is 6.30. The molecule has 0 spiro atoms. The molecule has 0 saturated carbocycles. The van der Waals surface area contributed by atoms with Crippen molar-refractivity contribution in [2.24, 2.45) is 0 Å². The minimum atomic E-state index is -0.549. The Morgan fingerprint density at radius 3 is 2.92 bits per heavy atom. The van der Waals surface area contributed by atoms with Crippen molar-refractivity contribution in [1.82, 2.24) is 10.2 Å². The third-order valence-corrected chi connectivity index (χ3v) is 1.68. The normalized spacial score (nSPS) is 9.38. The molecule has 0 fully saturated rings. The zero-order chi connectivity index (χ0) is 9.84. The van der Waals surface area contributed by atoms with Gasteiger partial charge in [0, 0.05) is 5.56 Å². The molecule has 0 aliphatic heterocycles. The van der Waals surface area contributed by atoms with Crippen LogP contribution < -0.4 is 0 Å². The standard InChI is InChI=1S/C8H7ClN2O2/c1-3-5-4-6(8(12)13-2)10-11-7(5)9/h3-4H,1H2,2H3. The van der Waals surface area contributed by atoms with Crippen LogP contribution in [0.4, 0.5) is 0 Å². The van der Waals surface area contributed by atoms with Crippen molar-refractivity contribution in [3.05, 3.63) is 29.1 Å². The Hall–Kier alpha value is -1.42. The maximum absolute atomic E-state index is 11.0. The molecule has 0 bridgehead atoms. The number of halogens is 1. The zero-order valence-corrected chi connectivity index (χ0v) is 7.71. The van der Waals surface area contributed by atoms with E-state index in [-0.39, 0.29) is 10.8 Å². The van der Waals surface area contributed by atoms with Crippen LogP contribution in [0.1, 0.15) is 16.1 Å². The van der Waals surface area contributed by atoms with E-state index in [1.807, 2.05) is 0 Å². The monoisotopic (exact) mass is 198 g/mol. The third-order valence-electron chi connectivity index (χ3n) is 1.39. The molecule has 5 heteroatoms. The molecular formula is C8H7ClN2O2. The van der Waals surface area contributed by atoms with Gasteiger partial charge in [-0.05, 0) is 6.07 Å². The van der Waals surface area contributed by atoms with Gasteiger partial charge < -0.3 is 4.74 Å². The summed E-state index contributed by atoms with van der Waals surface area (Å²) in [5, 5.41) is 7.33. The number of aromatic nitrogens is 2. The molecule has 0 aliphatic rings. The molecule has 0 atom stereocenters. The van der Waals surface area contributed by atoms with Crippen molar-refractivity contribution in [3.8, 4) is 0 Å². The van der Waals surface area contributed by atoms with E-state index in [2.05, 4.69) is 21.5 Å². The van der Waals surface area contributed by atoms with E-state index in [4.69, 9.17) is 11.6 Å². The minimum absolute atomic E-state index is 0.113. The molecule has 1 rings (SSSR count). The lowest BCUT2D eigenvalue weighted by Crippen LogP contribution is -2.06. The van der Waals surface area contributed by atoms with Crippen LogP contribution in [0.3, 0.4) is 0 Å². The molecule has 1 heterocycles. The summed E-state index contributed by atoms with van der Waals surface area (Å²) in [5.41, 5.74) is 0.666. The lowest BCUT2D eigenvalue weighted by Gasteiger charge is -1.99. The molecule has 0 aliphatic carbocycles. The first-order valence-electron chi connectivity index (χ1n) is 3.43. The number of rotatable bonds is 2. The molecule has 4 nitrogen and oxygen atoms in total. The summed E-state index contributed by atoms with van der Waals surface area (Å²) >= 11 is 5.65. The Morgan fingerprint density at radius 1 is 1.69 bits per heavy atom.